The van der Waals surface area contributed by atoms with E-state index in [0.29, 0.717) is 17.1 Å². The second-order valence-corrected chi connectivity index (χ2v) is 6.41. The first-order chi connectivity index (χ1) is 14.0. The van der Waals surface area contributed by atoms with Gasteiger partial charge in [0.2, 0.25) is 11.8 Å². The third kappa shape index (κ3) is 4.98. The quantitative estimate of drug-likeness (QED) is 0.734. The lowest BCUT2D eigenvalue weighted by Gasteiger charge is -2.22. The Balaban J connectivity index is 1.77. The van der Waals surface area contributed by atoms with Crippen LogP contribution in [0.3, 0.4) is 0 Å². The number of esters is 1. The van der Waals surface area contributed by atoms with Gasteiger partial charge in [-0.15, -0.1) is 0 Å². The van der Waals surface area contributed by atoms with Crippen molar-refractivity contribution in [2.45, 2.75) is 26.3 Å². The van der Waals surface area contributed by atoms with Gasteiger partial charge in [-0.2, -0.15) is 5.10 Å². The van der Waals surface area contributed by atoms with E-state index in [9.17, 15) is 14.4 Å². The third-order valence-electron chi connectivity index (χ3n) is 4.22. The summed E-state index contributed by atoms with van der Waals surface area (Å²) in [6.45, 7) is 3.38. The molecule has 29 heavy (non-hydrogen) atoms. The Hall–Kier alpha value is -3.68. The molecule has 1 aliphatic heterocycles. The van der Waals surface area contributed by atoms with Crippen molar-refractivity contribution in [3.05, 3.63) is 54.6 Å². The summed E-state index contributed by atoms with van der Waals surface area (Å²) in [6, 6.07) is 15.3. The zero-order valence-electron chi connectivity index (χ0n) is 16.2. The molecule has 0 saturated carbocycles. The third-order valence-corrected chi connectivity index (χ3v) is 4.22. The van der Waals surface area contributed by atoms with Crippen LogP contribution in [0.25, 0.3) is 0 Å². The number of amides is 2. The highest BCUT2D eigenvalue weighted by Crippen LogP contribution is 2.26. The Kier molecular flexibility index (Phi) is 6.23. The largest absolute Gasteiger partial charge is 0.461 e. The number of para-hydroxylation sites is 1. The SMILES string of the molecule is CCOC(=O)C1=NN(c2ccccc2)[C@H](C(=O)Nc2ccc(NC(C)=O)cc2)C1. The number of rotatable bonds is 6. The highest BCUT2D eigenvalue weighted by atomic mass is 16.5. The number of ether oxygens (including phenoxy) is 1. The minimum Gasteiger partial charge on any atom is -0.461 e. The highest BCUT2D eigenvalue weighted by Gasteiger charge is 2.36. The van der Waals surface area contributed by atoms with Gasteiger partial charge in [-0.1, -0.05) is 18.2 Å². The second-order valence-electron chi connectivity index (χ2n) is 6.41. The minimum atomic E-state index is -0.688. The molecule has 0 saturated heterocycles. The maximum Gasteiger partial charge on any atom is 0.354 e. The molecule has 8 heteroatoms. The van der Waals surface area contributed by atoms with Crippen LogP contribution in [0.1, 0.15) is 20.3 Å². The number of hydrazone groups is 1. The number of hydrogen-bond acceptors (Lipinski definition) is 6. The molecule has 0 spiro atoms. The van der Waals surface area contributed by atoms with Gasteiger partial charge in [0.15, 0.2) is 0 Å². The lowest BCUT2D eigenvalue weighted by atomic mass is 10.1. The van der Waals surface area contributed by atoms with Gasteiger partial charge in [0.1, 0.15) is 11.8 Å². The van der Waals surface area contributed by atoms with Gasteiger partial charge in [0.05, 0.1) is 12.3 Å². The second kappa shape index (κ2) is 9.01. The fourth-order valence-electron chi connectivity index (χ4n) is 2.94. The highest BCUT2D eigenvalue weighted by molar-refractivity contribution is 6.38. The van der Waals surface area contributed by atoms with E-state index in [4.69, 9.17) is 4.74 Å². The van der Waals surface area contributed by atoms with E-state index in [1.54, 1.807) is 31.2 Å². The maximum atomic E-state index is 12.9. The Morgan fingerprint density at radius 2 is 1.66 bits per heavy atom. The van der Waals surface area contributed by atoms with Crippen LogP contribution in [0.2, 0.25) is 0 Å². The van der Waals surface area contributed by atoms with E-state index < -0.39 is 12.0 Å². The molecule has 0 bridgehead atoms. The van der Waals surface area contributed by atoms with Crippen LogP contribution in [0.5, 0.6) is 0 Å². The number of nitrogens with zero attached hydrogens (tertiary/aromatic N) is 2. The summed E-state index contributed by atoms with van der Waals surface area (Å²) in [6.07, 6.45) is 0.142. The van der Waals surface area contributed by atoms with Crippen molar-refractivity contribution in [2.75, 3.05) is 22.2 Å². The van der Waals surface area contributed by atoms with Gasteiger partial charge in [-0.25, -0.2) is 4.79 Å². The molecular formula is C21H22N4O4. The molecule has 150 valence electrons. The van der Waals surface area contributed by atoms with Crippen LogP contribution in [0, 0.1) is 0 Å². The van der Waals surface area contributed by atoms with Gasteiger partial charge in [-0.3, -0.25) is 14.6 Å². The van der Waals surface area contributed by atoms with E-state index in [2.05, 4.69) is 15.7 Å². The van der Waals surface area contributed by atoms with Gasteiger partial charge in [0.25, 0.3) is 0 Å². The Bertz CT molecular complexity index is 925. The summed E-state index contributed by atoms with van der Waals surface area (Å²) >= 11 is 0. The first-order valence-electron chi connectivity index (χ1n) is 9.25. The first-order valence-corrected chi connectivity index (χ1v) is 9.25. The fourth-order valence-corrected chi connectivity index (χ4v) is 2.94. The lowest BCUT2D eigenvalue weighted by Crippen LogP contribution is -2.38. The normalized spacial score (nSPS) is 15.4. The number of hydrogen-bond donors (Lipinski definition) is 2. The number of carbonyl (C=O) groups excluding carboxylic acids is 3. The van der Waals surface area contributed by atoms with Crippen molar-refractivity contribution < 1.29 is 19.1 Å². The van der Waals surface area contributed by atoms with Crippen molar-refractivity contribution >= 4 is 40.6 Å². The van der Waals surface area contributed by atoms with Crippen LogP contribution in [-0.2, 0) is 19.1 Å². The molecular weight excluding hydrogens is 372 g/mol. The molecule has 0 fully saturated rings. The molecule has 0 aliphatic carbocycles. The van der Waals surface area contributed by atoms with Crippen molar-refractivity contribution in [2.24, 2.45) is 5.10 Å². The Morgan fingerprint density at radius 1 is 1.03 bits per heavy atom. The summed E-state index contributed by atoms with van der Waals surface area (Å²) in [5.74, 6) is -0.998. The Morgan fingerprint density at radius 3 is 2.24 bits per heavy atom. The molecule has 2 amide bonds. The summed E-state index contributed by atoms with van der Waals surface area (Å²) in [7, 11) is 0. The summed E-state index contributed by atoms with van der Waals surface area (Å²) in [4.78, 5) is 36.2. The molecule has 2 aromatic carbocycles. The number of benzene rings is 2. The number of nitrogens with one attached hydrogen (secondary N) is 2. The Labute approximate surface area is 168 Å². The molecule has 8 nitrogen and oxygen atoms in total. The number of carbonyl (C=O) groups is 3. The monoisotopic (exact) mass is 394 g/mol. The molecule has 1 heterocycles. The van der Waals surface area contributed by atoms with E-state index in [-0.39, 0.29) is 30.6 Å². The van der Waals surface area contributed by atoms with Gasteiger partial charge < -0.3 is 15.4 Å². The lowest BCUT2D eigenvalue weighted by molar-refractivity contribution is -0.135. The average Bonchev–Trinajstić information content (AvgIpc) is 3.16. The smallest absolute Gasteiger partial charge is 0.354 e. The van der Waals surface area contributed by atoms with Gasteiger partial charge in [-0.05, 0) is 43.3 Å². The zero-order chi connectivity index (χ0) is 20.8. The molecule has 2 aromatic rings. The topological polar surface area (TPSA) is 100 Å². The van der Waals surface area contributed by atoms with E-state index in [0.717, 1.165) is 0 Å². The summed E-state index contributed by atoms with van der Waals surface area (Å²) in [5.41, 5.74) is 2.11. The van der Waals surface area contributed by atoms with Crippen LogP contribution in [-0.4, -0.2) is 36.1 Å². The molecule has 0 unspecified atom stereocenters. The molecule has 2 N–H and O–H groups in total. The zero-order valence-corrected chi connectivity index (χ0v) is 16.2. The first kappa shape index (κ1) is 20.1. The van der Waals surface area contributed by atoms with Crippen LogP contribution in [0.15, 0.2) is 59.7 Å². The standard InChI is InChI=1S/C21H22N4O4/c1-3-29-21(28)18-13-19(25(24-18)17-7-5-4-6-8-17)20(27)23-16-11-9-15(10-12-16)22-14(2)26/h4-12,19H,3,13H2,1-2H3,(H,22,26)(H,23,27)/t19-/m0/s1. The van der Waals surface area contributed by atoms with Crippen LogP contribution < -0.4 is 15.6 Å². The number of anilines is 3. The maximum absolute atomic E-state index is 12.9. The molecule has 3 rings (SSSR count). The van der Waals surface area contributed by atoms with Crippen molar-refractivity contribution in [1.82, 2.24) is 0 Å². The van der Waals surface area contributed by atoms with E-state index >= 15 is 0 Å². The fraction of sp³-hybridized carbons (Fsp3) is 0.238. The van der Waals surface area contributed by atoms with E-state index in [1.165, 1.54) is 11.9 Å². The van der Waals surface area contributed by atoms with Crippen molar-refractivity contribution in [3.8, 4) is 0 Å². The molecule has 1 aliphatic rings. The average molecular weight is 394 g/mol. The van der Waals surface area contributed by atoms with Gasteiger partial charge in [0, 0.05) is 24.7 Å². The molecule has 0 aromatic heterocycles. The van der Waals surface area contributed by atoms with Crippen molar-refractivity contribution in [1.29, 1.82) is 0 Å². The van der Waals surface area contributed by atoms with Gasteiger partial charge >= 0.3 is 5.97 Å². The summed E-state index contributed by atoms with van der Waals surface area (Å²) in [5, 5.41) is 11.4. The molecule has 0 radical (unpaired) electrons. The van der Waals surface area contributed by atoms with E-state index in [1.807, 2.05) is 30.3 Å². The summed E-state index contributed by atoms with van der Waals surface area (Å²) < 4.78 is 5.04. The predicted molar refractivity (Wildman–Crippen MR) is 111 cm³/mol. The predicted octanol–water partition coefficient (Wildman–Crippen LogP) is 2.78. The van der Waals surface area contributed by atoms with Crippen LogP contribution >= 0.6 is 0 Å². The molecule has 1 atom stereocenters. The van der Waals surface area contributed by atoms with Crippen molar-refractivity contribution in [3.63, 3.8) is 0 Å². The minimum absolute atomic E-state index is 0.142. The van der Waals surface area contributed by atoms with Crippen LogP contribution in [0.4, 0.5) is 17.1 Å².